The van der Waals surface area contributed by atoms with Gasteiger partial charge in [-0.25, -0.2) is 8.42 Å². The summed E-state index contributed by atoms with van der Waals surface area (Å²) in [6, 6.07) is 12.8. The van der Waals surface area contributed by atoms with E-state index in [1.165, 1.54) is 23.4 Å². The Balaban J connectivity index is 2.06. The molecule has 0 fully saturated rings. The molecule has 9 heteroatoms. The number of anilines is 2. The molecule has 2 amide bonds. The summed E-state index contributed by atoms with van der Waals surface area (Å²) in [5.41, 5.74) is 0.807. The van der Waals surface area contributed by atoms with Crippen molar-refractivity contribution in [3.05, 3.63) is 48.5 Å². The van der Waals surface area contributed by atoms with Gasteiger partial charge in [0.1, 0.15) is 5.75 Å². The number of ether oxygens (including phenoxy) is 1. The SMILES string of the molecule is CCN(CC)S(=O)(=O)c1cccc(NC(=O)COc2ccccc2NC(C)=O)c1. The molecule has 0 aliphatic heterocycles. The highest BCUT2D eigenvalue weighted by molar-refractivity contribution is 7.89. The lowest BCUT2D eigenvalue weighted by molar-refractivity contribution is -0.118. The van der Waals surface area contributed by atoms with Crippen LogP contribution in [0.4, 0.5) is 11.4 Å². The van der Waals surface area contributed by atoms with Crippen LogP contribution in [-0.4, -0.2) is 44.2 Å². The Bertz CT molecular complexity index is 972. The van der Waals surface area contributed by atoms with Crippen molar-refractivity contribution in [3.63, 3.8) is 0 Å². The number of para-hydroxylation sites is 2. The molecule has 0 radical (unpaired) electrons. The highest BCUT2D eigenvalue weighted by Crippen LogP contribution is 2.24. The standard InChI is InChI=1S/C20H25N3O5S/c1-4-23(5-2)29(26,27)17-10-8-9-16(13-17)22-20(25)14-28-19-12-7-6-11-18(19)21-15(3)24/h6-13H,4-5,14H2,1-3H3,(H,21,24)(H,22,25). The molecule has 8 nitrogen and oxygen atoms in total. The van der Waals surface area contributed by atoms with E-state index in [9.17, 15) is 18.0 Å². The first kappa shape index (κ1) is 22.4. The molecule has 0 aromatic heterocycles. The Morgan fingerprint density at radius 3 is 2.34 bits per heavy atom. The van der Waals surface area contributed by atoms with Crippen LogP contribution in [0.1, 0.15) is 20.8 Å². The van der Waals surface area contributed by atoms with E-state index in [1.54, 1.807) is 50.2 Å². The average molecular weight is 420 g/mol. The van der Waals surface area contributed by atoms with Crippen molar-refractivity contribution in [1.29, 1.82) is 0 Å². The first-order valence-corrected chi connectivity index (χ1v) is 10.6. The largest absolute Gasteiger partial charge is 0.482 e. The molecule has 0 atom stereocenters. The maximum absolute atomic E-state index is 12.6. The second-order valence-corrected chi connectivity index (χ2v) is 8.07. The second-order valence-electron chi connectivity index (χ2n) is 6.13. The van der Waals surface area contributed by atoms with Gasteiger partial charge in [0.05, 0.1) is 10.6 Å². The van der Waals surface area contributed by atoms with Crippen molar-refractivity contribution in [2.75, 3.05) is 30.3 Å². The third-order valence-electron chi connectivity index (χ3n) is 4.02. The monoisotopic (exact) mass is 419 g/mol. The molecule has 0 spiro atoms. The fourth-order valence-electron chi connectivity index (χ4n) is 2.67. The zero-order valence-corrected chi connectivity index (χ0v) is 17.5. The van der Waals surface area contributed by atoms with Gasteiger partial charge in [-0.1, -0.05) is 32.0 Å². The van der Waals surface area contributed by atoms with E-state index in [1.807, 2.05) is 0 Å². The summed E-state index contributed by atoms with van der Waals surface area (Å²) >= 11 is 0. The van der Waals surface area contributed by atoms with Crippen LogP contribution in [0, 0.1) is 0 Å². The lowest BCUT2D eigenvalue weighted by Gasteiger charge is -2.19. The van der Waals surface area contributed by atoms with Crippen LogP contribution in [0.25, 0.3) is 0 Å². The van der Waals surface area contributed by atoms with E-state index in [-0.39, 0.29) is 17.4 Å². The van der Waals surface area contributed by atoms with Crippen LogP contribution in [0.15, 0.2) is 53.4 Å². The van der Waals surface area contributed by atoms with Crippen molar-refractivity contribution in [1.82, 2.24) is 4.31 Å². The summed E-state index contributed by atoms with van der Waals surface area (Å²) < 4.78 is 32.1. The predicted octanol–water partition coefficient (Wildman–Crippen LogP) is 2.69. The van der Waals surface area contributed by atoms with Crippen molar-refractivity contribution in [2.24, 2.45) is 0 Å². The number of benzene rings is 2. The summed E-state index contributed by atoms with van der Waals surface area (Å²) in [4.78, 5) is 23.6. The molecule has 0 aliphatic rings. The van der Waals surface area contributed by atoms with Gasteiger partial charge in [0.2, 0.25) is 15.9 Å². The minimum absolute atomic E-state index is 0.107. The maximum atomic E-state index is 12.6. The number of carbonyl (C=O) groups excluding carboxylic acids is 2. The van der Waals surface area contributed by atoms with Crippen molar-refractivity contribution < 1.29 is 22.7 Å². The molecule has 2 aromatic carbocycles. The number of carbonyl (C=O) groups is 2. The van der Waals surface area contributed by atoms with Crippen LogP contribution >= 0.6 is 0 Å². The molecule has 29 heavy (non-hydrogen) atoms. The van der Waals surface area contributed by atoms with E-state index >= 15 is 0 Å². The van der Waals surface area contributed by atoms with E-state index < -0.39 is 15.9 Å². The number of sulfonamides is 1. The Morgan fingerprint density at radius 2 is 1.69 bits per heavy atom. The van der Waals surface area contributed by atoms with E-state index in [0.29, 0.717) is 30.2 Å². The molecule has 0 heterocycles. The molecule has 0 unspecified atom stereocenters. The molecular weight excluding hydrogens is 394 g/mol. The van der Waals surface area contributed by atoms with Crippen LogP contribution in [-0.2, 0) is 19.6 Å². The molecule has 0 saturated heterocycles. The zero-order chi connectivity index (χ0) is 21.4. The summed E-state index contributed by atoms with van der Waals surface area (Å²) in [7, 11) is -3.62. The highest BCUT2D eigenvalue weighted by atomic mass is 32.2. The first-order chi connectivity index (χ1) is 13.8. The fourth-order valence-corrected chi connectivity index (χ4v) is 4.18. The summed E-state index contributed by atoms with van der Waals surface area (Å²) in [6.07, 6.45) is 0. The van der Waals surface area contributed by atoms with Gasteiger partial charge in [-0.2, -0.15) is 4.31 Å². The van der Waals surface area contributed by atoms with Crippen LogP contribution < -0.4 is 15.4 Å². The normalized spacial score (nSPS) is 11.2. The summed E-state index contributed by atoms with van der Waals surface area (Å²) in [6.45, 7) is 5.33. The third-order valence-corrected chi connectivity index (χ3v) is 6.06. The van der Waals surface area contributed by atoms with Crippen LogP contribution in [0.5, 0.6) is 5.75 Å². The van der Waals surface area contributed by atoms with Gasteiger partial charge < -0.3 is 15.4 Å². The van der Waals surface area contributed by atoms with Crippen LogP contribution in [0.3, 0.4) is 0 Å². The summed E-state index contributed by atoms with van der Waals surface area (Å²) in [5.74, 6) is -0.354. The van der Waals surface area contributed by atoms with Gasteiger partial charge in [0.25, 0.3) is 5.91 Å². The zero-order valence-electron chi connectivity index (χ0n) is 16.6. The molecule has 2 aromatic rings. The lowest BCUT2D eigenvalue weighted by Crippen LogP contribution is -2.30. The molecule has 2 rings (SSSR count). The Hall–Kier alpha value is -2.91. The Morgan fingerprint density at radius 1 is 1.00 bits per heavy atom. The number of nitrogens with zero attached hydrogens (tertiary/aromatic N) is 1. The van der Waals surface area contributed by atoms with E-state index in [4.69, 9.17) is 4.74 Å². The fraction of sp³-hybridized carbons (Fsp3) is 0.300. The van der Waals surface area contributed by atoms with Gasteiger partial charge in [-0.15, -0.1) is 0 Å². The number of hydrogen-bond acceptors (Lipinski definition) is 5. The molecule has 0 aliphatic carbocycles. The van der Waals surface area contributed by atoms with Crippen molar-refractivity contribution >= 4 is 33.2 Å². The topological polar surface area (TPSA) is 105 Å². The lowest BCUT2D eigenvalue weighted by atomic mass is 10.3. The number of rotatable bonds is 9. The van der Waals surface area contributed by atoms with Gasteiger partial charge >= 0.3 is 0 Å². The molecule has 2 N–H and O–H groups in total. The van der Waals surface area contributed by atoms with Gasteiger partial charge in [0.15, 0.2) is 6.61 Å². The first-order valence-electron chi connectivity index (χ1n) is 9.17. The Kier molecular flexibility index (Phi) is 7.74. The van der Waals surface area contributed by atoms with Gasteiger partial charge in [-0.05, 0) is 30.3 Å². The number of amides is 2. The minimum Gasteiger partial charge on any atom is -0.482 e. The molecule has 0 saturated carbocycles. The van der Waals surface area contributed by atoms with E-state index in [0.717, 1.165) is 0 Å². The number of hydrogen-bond donors (Lipinski definition) is 2. The second kappa shape index (κ2) is 10.0. The Labute approximate surface area is 170 Å². The minimum atomic E-state index is -3.62. The van der Waals surface area contributed by atoms with E-state index in [2.05, 4.69) is 10.6 Å². The predicted molar refractivity (Wildman–Crippen MR) is 111 cm³/mol. The maximum Gasteiger partial charge on any atom is 0.262 e. The highest BCUT2D eigenvalue weighted by Gasteiger charge is 2.21. The number of nitrogens with one attached hydrogen (secondary N) is 2. The van der Waals surface area contributed by atoms with Gasteiger partial charge in [0, 0.05) is 25.7 Å². The van der Waals surface area contributed by atoms with Gasteiger partial charge in [-0.3, -0.25) is 9.59 Å². The molecular formula is C20H25N3O5S. The third kappa shape index (κ3) is 6.03. The average Bonchev–Trinajstić information content (AvgIpc) is 2.68. The molecule has 156 valence electrons. The van der Waals surface area contributed by atoms with Crippen molar-refractivity contribution in [3.8, 4) is 5.75 Å². The van der Waals surface area contributed by atoms with Crippen LogP contribution in [0.2, 0.25) is 0 Å². The molecule has 0 bridgehead atoms. The quantitative estimate of drug-likeness (QED) is 0.650. The smallest absolute Gasteiger partial charge is 0.262 e. The van der Waals surface area contributed by atoms with Crippen molar-refractivity contribution in [2.45, 2.75) is 25.7 Å². The summed E-state index contributed by atoms with van der Waals surface area (Å²) in [5, 5.41) is 5.25.